The van der Waals surface area contributed by atoms with Gasteiger partial charge in [0, 0.05) is 7.05 Å². The molecule has 1 atom stereocenters. The largest absolute Gasteiger partial charge is 0.435 e. The molecular weight excluding hydrogens is 432 g/mol. The Kier molecular flexibility index (Phi) is 5.54. The highest BCUT2D eigenvalue weighted by atomic mass is 19.4. The van der Waals surface area contributed by atoms with Gasteiger partial charge < -0.3 is 5.32 Å². The minimum atomic E-state index is -4.88. The van der Waals surface area contributed by atoms with Crippen LogP contribution in [0.5, 0.6) is 0 Å². The average molecular weight is 447 g/mol. The van der Waals surface area contributed by atoms with Gasteiger partial charge in [0.25, 0.3) is 5.56 Å². The number of aromatic nitrogens is 4. The van der Waals surface area contributed by atoms with Crippen molar-refractivity contribution in [3.05, 3.63) is 57.6 Å². The number of hydrogen-bond acceptors (Lipinski definition) is 4. The molecule has 3 aromatic rings. The molecule has 0 unspecified atom stereocenters. The first-order chi connectivity index (χ1) is 14.3. The van der Waals surface area contributed by atoms with E-state index in [0.29, 0.717) is 10.2 Å². The van der Waals surface area contributed by atoms with E-state index < -0.39 is 53.0 Å². The van der Waals surface area contributed by atoms with Crippen LogP contribution >= 0.6 is 0 Å². The predicted octanol–water partition coefficient (Wildman–Crippen LogP) is 3.05. The Balaban J connectivity index is 1.80. The van der Waals surface area contributed by atoms with E-state index in [1.165, 1.54) is 26.1 Å². The second kappa shape index (κ2) is 7.71. The van der Waals surface area contributed by atoms with E-state index in [1.807, 2.05) is 0 Å². The van der Waals surface area contributed by atoms with Gasteiger partial charge in [-0.15, -0.1) is 0 Å². The quantitative estimate of drug-likeness (QED) is 0.624. The number of fused-ring (bicyclic) bond motifs is 1. The summed E-state index contributed by atoms with van der Waals surface area (Å²) in [4.78, 5) is 24.8. The summed E-state index contributed by atoms with van der Waals surface area (Å²) < 4.78 is 78.9. The van der Waals surface area contributed by atoms with Gasteiger partial charge in [-0.05, 0) is 24.6 Å². The van der Waals surface area contributed by atoms with E-state index in [9.17, 15) is 35.9 Å². The van der Waals surface area contributed by atoms with Crippen molar-refractivity contribution in [3.8, 4) is 0 Å². The van der Waals surface area contributed by atoms with Crippen molar-refractivity contribution >= 4 is 16.8 Å². The van der Waals surface area contributed by atoms with E-state index in [1.54, 1.807) is 0 Å². The zero-order chi connectivity index (χ0) is 23.1. The smallest absolute Gasteiger partial charge is 0.348 e. The monoisotopic (exact) mass is 447 g/mol. The van der Waals surface area contributed by atoms with Crippen molar-refractivity contribution in [2.24, 2.45) is 7.05 Å². The highest BCUT2D eigenvalue weighted by molar-refractivity contribution is 5.81. The van der Waals surface area contributed by atoms with E-state index in [-0.39, 0.29) is 5.52 Å². The van der Waals surface area contributed by atoms with Gasteiger partial charge in [-0.3, -0.25) is 14.3 Å². The number of hydrogen-bond donors (Lipinski definition) is 1. The van der Waals surface area contributed by atoms with Crippen LogP contribution in [0.2, 0.25) is 0 Å². The minimum Gasteiger partial charge on any atom is -0.348 e. The maximum Gasteiger partial charge on any atom is 0.435 e. The van der Waals surface area contributed by atoms with Crippen LogP contribution in [0.1, 0.15) is 29.8 Å². The summed E-state index contributed by atoms with van der Waals surface area (Å²) in [6, 6.07) is 3.38. The van der Waals surface area contributed by atoms with Crippen LogP contribution in [0, 0.1) is 0 Å². The Labute approximate surface area is 170 Å². The van der Waals surface area contributed by atoms with Crippen molar-refractivity contribution in [2.75, 3.05) is 0 Å². The number of amides is 1. The fourth-order valence-corrected chi connectivity index (χ4v) is 2.98. The molecule has 0 saturated heterocycles. The third-order valence-electron chi connectivity index (χ3n) is 4.54. The van der Waals surface area contributed by atoms with Gasteiger partial charge in [0.15, 0.2) is 5.69 Å². The lowest BCUT2D eigenvalue weighted by molar-refractivity contribution is -0.140. The van der Waals surface area contributed by atoms with Crippen LogP contribution in [-0.4, -0.2) is 25.5 Å². The van der Waals surface area contributed by atoms with Crippen LogP contribution in [0.3, 0.4) is 0 Å². The van der Waals surface area contributed by atoms with Crippen molar-refractivity contribution in [1.29, 1.82) is 0 Å². The van der Waals surface area contributed by atoms with Crippen molar-refractivity contribution in [1.82, 2.24) is 24.9 Å². The lowest BCUT2D eigenvalue weighted by Crippen LogP contribution is -2.35. The molecule has 0 spiro atoms. The molecule has 1 N–H and O–H groups in total. The summed E-state index contributed by atoms with van der Waals surface area (Å²) >= 11 is 0. The fraction of sp³-hybridized carbons (Fsp3) is 0.333. The number of rotatable bonds is 4. The summed E-state index contributed by atoms with van der Waals surface area (Å²) in [5.74, 6) is -0.765. The number of carbonyl (C=O) groups is 1. The lowest BCUT2D eigenvalue weighted by atomic mass is 10.1. The molecule has 31 heavy (non-hydrogen) atoms. The predicted molar refractivity (Wildman–Crippen MR) is 95.8 cm³/mol. The molecule has 2 aromatic heterocycles. The molecule has 0 radical (unpaired) electrons. The Bertz CT molecular complexity index is 1180. The molecular formula is C18H15F6N5O2. The molecule has 1 amide bonds. The first-order valence-corrected chi connectivity index (χ1v) is 8.75. The molecule has 0 aliphatic heterocycles. The molecule has 0 fully saturated rings. The summed E-state index contributed by atoms with van der Waals surface area (Å²) in [6.45, 7) is 0.814. The van der Waals surface area contributed by atoms with Crippen LogP contribution in [0.15, 0.2) is 35.3 Å². The molecule has 0 saturated carbocycles. The minimum absolute atomic E-state index is 0.146. The van der Waals surface area contributed by atoms with E-state index in [0.717, 1.165) is 23.0 Å². The normalized spacial score (nSPS) is 13.4. The van der Waals surface area contributed by atoms with E-state index >= 15 is 0 Å². The maximum absolute atomic E-state index is 13.2. The van der Waals surface area contributed by atoms with E-state index in [4.69, 9.17) is 0 Å². The highest BCUT2D eigenvalue weighted by Gasteiger charge is 2.38. The van der Waals surface area contributed by atoms with Crippen LogP contribution in [0.4, 0.5) is 26.3 Å². The number of benzene rings is 1. The number of aryl methyl sites for hydroxylation is 1. The number of carbonyl (C=O) groups excluding carboxylic acids is 1. The van der Waals surface area contributed by atoms with Gasteiger partial charge in [-0.25, -0.2) is 4.68 Å². The number of alkyl halides is 6. The van der Waals surface area contributed by atoms with Gasteiger partial charge in [-0.2, -0.15) is 36.5 Å². The van der Waals surface area contributed by atoms with Gasteiger partial charge in [-0.1, -0.05) is 12.1 Å². The standard InChI is InChI=1S/C18H15F6N5O2/c1-9(10-3-5-11(6-4-10)17(19,20)21)26-13(30)8-29-16(31)14-12(7-25-29)28(2)27-15(14)18(22,23)24/h3-7,9H,8H2,1-2H3,(H,26,30)/t9-/m0/s1. The summed E-state index contributed by atoms with van der Waals surface area (Å²) in [6.07, 6.45) is -8.39. The summed E-state index contributed by atoms with van der Waals surface area (Å²) in [7, 11) is 1.22. The molecule has 7 nitrogen and oxygen atoms in total. The van der Waals surface area contributed by atoms with Gasteiger partial charge in [0.1, 0.15) is 11.9 Å². The lowest BCUT2D eigenvalue weighted by Gasteiger charge is -2.16. The third kappa shape index (κ3) is 4.54. The SMILES string of the molecule is C[C@H](NC(=O)Cn1ncc2c(c(C(F)(F)F)nn2C)c1=O)c1ccc(C(F)(F)F)cc1. The molecule has 0 bridgehead atoms. The van der Waals surface area contributed by atoms with Crippen LogP contribution < -0.4 is 10.9 Å². The first kappa shape index (κ1) is 22.3. The third-order valence-corrected chi connectivity index (χ3v) is 4.54. The maximum atomic E-state index is 13.2. The zero-order valence-corrected chi connectivity index (χ0v) is 16.0. The Morgan fingerprint density at radius 2 is 1.71 bits per heavy atom. The zero-order valence-electron chi connectivity index (χ0n) is 16.0. The topological polar surface area (TPSA) is 81.8 Å². The molecule has 166 valence electrons. The van der Waals surface area contributed by atoms with E-state index in [2.05, 4.69) is 15.5 Å². The fourth-order valence-electron chi connectivity index (χ4n) is 2.98. The van der Waals surface area contributed by atoms with Gasteiger partial charge in [0.05, 0.1) is 23.3 Å². The average Bonchev–Trinajstić information content (AvgIpc) is 3.01. The Hall–Kier alpha value is -3.38. The molecule has 2 heterocycles. The van der Waals surface area contributed by atoms with Crippen LogP contribution in [-0.2, 0) is 30.7 Å². The molecule has 1 aromatic carbocycles. The molecule has 3 rings (SSSR count). The molecule has 0 aliphatic rings. The van der Waals surface area contributed by atoms with Gasteiger partial charge in [0.2, 0.25) is 5.91 Å². The van der Waals surface area contributed by atoms with Gasteiger partial charge >= 0.3 is 12.4 Å². The highest BCUT2D eigenvalue weighted by Crippen LogP contribution is 2.32. The molecule has 0 aliphatic carbocycles. The molecule has 13 heteroatoms. The Morgan fingerprint density at radius 3 is 2.26 bits per heavy atom. The number of nitrogens with zero attached hydrogens (tertiary/aromatic N) is 4. The Morgan fingerprint density at radius 1 is 1.10 bits per heavy atom. The van der Waals surface area contributed by atoms with Crippen molar-refractivity contribution in [2.45, 2.75) is 31.9 Å². The second-order valence-electron chi connectivity index (χ2n) is 6.75. The van der Waals surface area contributed by atoms with Crippen LogP contribution in [0.25, 0.3) is 10.9 Å². The number of halogens is 6. The first-order valence-electron chi connectivity index (χ1n) is 8.75. The second-order valence-corrected chi connectivity index (χ2v) is 6.75. The number of nitrogens with one attached hydrogen (secondary N) is 1. The van der Waals surface area contributed by atoms with Crippen molar-refractivity contribution < 1.29 is 31.1 Å². The van der Waals surface area contributed by atoms with Crippen molar-refractivity contribution in [3.63, 3.8) is 0 Å². The summed E-state index contributed by atoms with van der Waals surface area (Å²) in [5, 5.41) is 8.77. The summed E-state index contributed by atoms with van der Waals surface area (Å²) in [5.41, 5.74) is -3.16.